The van der Waals surface area contributed by atoms with Gasteiger partial charge in [-0.2, -0.15) is 5.10 Å². The maximum Gasteiger partial charge on any atom is 0.0670 e. The van der Waals surface area contributed by atoms with E-state index in [4.69, 9.17) is 5.73 Å². The number of likely N-dealkylation sites (N-methyl/N-ethyl adjacent to an activating group) is 1. The Labute approximate surface area is 110 Å². The summed E-state index contributed by atoms with van der Waals surface area (Å²) in [6.07, 6.45) is 3.11. The third kappa shape index (κ3) is 2.74. The van der Waals surface area contributed by atoms with Gasteiger partial charge in [0, 0.05) is 51.5 Å². The van der Waals surface area contributed by atoms with Gasteiger partial charge in [-0.05, 0) is 13.5 Å². The van der Waals surface area contributed by atoms with E-state index in [-0.39, 0.29) is 0 Å². The highest BCUT2D eigenvalue weighted by Gasteiger charge is 2.25. The second kappa shape index (κ2) is 5.82. The molecule has 0 saturated carbocycles. The number of rotatable bonds is 4. The highest BCUT2D eigenvalue weighted by Crippen LogP contribution is 2.24. The summed E-state index contributed by atoms with van der Waals surface area (Å²) < 4.78 is 1.91. The molecule has 5 heteroatoms. The molecular formula is C13H25N5. The predicted octanol–water partition coefficient (Wildman–Crippen LogP) is 0.230. The quantitative estimate of drug-likeness (QED) is 0.832. The van der Waals surface area contributed by atoms with Gasteiger partial charge in [-0.15, -0.1) is 0 Å². The Morgan fingerprint density at radius 3 is 2.50 bits per heavy atom. The first-order valence-electron chi connectivity index (χ1n) is 6.80. The van der Waals surface area contributed by atoms with Crippen molar-refractivity contribution in [2.24, 2.45) is 12.8 Å². The number of nitrogens with two attached hydrogens (primary N) is 1. The van der Waals surface area contributed by atoms with E-state index >= 15 is 0 Å². The monoisotopic (exact) mass is 251 g/mol. The zero-order chi connectivity index (χ0) is 13.1. The van der Waals surface area contributed by atoms with Crippen LogP contribution in [0.2, 0.25) is 0 Å². The molecule has 0 aliphatic carbocycles. The fraction of sp³-hybridized carbons (Fsp3) is 0.769. The Morgan fingerprint density at radius 2 is 1.94 bits per heavy atom. The second-order valence-electron chi connectivity index (χ2n) is 5.15. The van der Waals surface area contributed by atoms with Crippen LogP contribution < -0.4 is 5.73 Å². The Kier molecular flexibility index (Phi) is 4.37. The number of nitrogens with zero attached hydrogens (tertiary/aromatic N) is 4. The van der Waals surface area contributed by atoms with Crippen molar-refractivity contribution in [2.45, 2.75) is 19.4 Å². The Morgan fingerprint density at radius 1 is 1.28 bits per heavy atom. The molecule has 0 amide bonds. The van der Waals surface area contributed by atoms with Gasteiger partial charge >= 0.3 is 0 Å². The molecule has 0 radical (unpaired) electrons. The van der Waals surface area contributed by atoms with E-state index in [0.717, 1.165) is 32.6 Å². The SMILES string of the molecule is CCc1nn(C)cc1C(CN)N1CCN(C)CC1. The minimum absolute atomic E-state index is 0.322. The number of aryl methyl sites for hydroxylation is 2. The zero-order valence-electron chi connectivity index (χ0n) is 11.8. The van der Waals surface area contributed by atoms with Crippen LogP contribution in [0.15, 0.2) is 6.20 Å². The smallest absolute Gasteiger partial charge is 0.0670 e. The van der Waals surface area contributed by atoms with Crippen LogP contribution in [0.25, 0.3) is 0 Å². The molecule has 0 bridgehead atoms. The minimum Gasteiger partial charge on any atom is -0.329 e. The third-order valence-corrected chi connectivity index (χ3v) is 3.83. The molecule has 0 spiro atoms. The average molecular weight is 251 g/mol. The molecule has 1 saturated heterocycles. The molecule has 18 heavy (non-hydrogen) atoms. The van der Waals surface area contributed by atoms with Gasteiger partial charge in [-0.1, -0.05) is 6.92 Å². The molecule has 1 unspecified atom stereocenters. The van der Waals surface area contributed by atoms with Crippen LogP contribution >= 0.6 is 0 Å². The molecule has 1 atom stereocenters. The van der Waals surface area contributed by atoms with Gasteiger partial charge < -0.3 is 10.6 Å². The van der Waals surface area contributed by atoms with Crippen molar-refractivity contribution in [1.29, 1.82) is 0 Å². The van der Waals surface area contributed by atoms with E-state index < -0.39 is 0 Å². The largest absolute Gasteiger partial charge is 0.329 e. The van der Waals surface area contributed by atoms with Crippen LogP contribution in [0.1, 0.15) is 24.2 Å². The maximum atomic E-state index is 6.01. The van der Waals surface area contributed by atoms with Gasteiger partial charge in [0.25, 0.3) is 0 Å². The van der Waals surface area contributed by atoms with Crippen LogP contribution in [-0.2, 0) is 13.5 Å². The van der Waals surface area contributed by atoms with Gasteiger partial charge in [-0.25, -0.2) is 0 Å². The Balaban J connectivity index is 2.16. The van der Waals surface area contributed by atoms with Crippen molar-refractivity contribution < 1.29 is 0 Å². The zero-order valence-corrected chi connectivity index (χ0v) is 11.8. The average Bonchev–Trinajstić information content (AvgIpc) is 2.74. The van der Waals surface area contributed by atoms with Crippen LogP contribution in [0, 0.1) is 0 Å². The van der Waals surface area contributed by atoms with Crippen molar-refractivity contribution >= 4 is 0 Å². The van der Waals surface area contributed by atoms with Crippen LogP contribution in [0.3, 0.4) is 0 Å². The first-order chi connectivity index (χ1) is 8.65. The lowest BCUT2D eigenvalue weighted by Crippen LogP contribution is -2.47. The number of hydrogen-bond donors (Lipinski definition) is 1. The van der Waals surface area contributed by atoms with Gasteiger partial charge in [0.15, 0.2) is 0 Å². The molecule has 2 heterocycles. The lowest BCUT2D eigenvalue weighted by atomic mass is 10.0. The first-order valence-corrected chi connectivity index (χ1v) is 6.80. The van der Waals surface area contributed by atoms with Gasteiger partial charge in [0.05, 0.1) is 11.7 Å². The van der Waals surface area contributed by atoms with E-state index in [9.17, 15) is 0 Å². The van der Waals surface area contributed by atoms with Gasteiger partial charge in [0.1, 0.15) is 0 Å². The molecule has 2 N–H and O–H groups in total. The summed E-state index contributed by atoms with van der Waals surface area (Å²) in [5.74, 6) is 0. The van der Waals surface area contributed by atoms with Crippen molar-refractivity contribution in [3.63, 3.8) is 0 Å². The van der Waals surface area contributed by atoms with E-state index in [2.05, 4.69) is 35.1 Å². The first kappa shape index (κ1) is 13.5. The summed E-state index contributed by atoms with van der Waals surface area (Å²) in [5, 5.41) is 4.53. The summed E-state index contributed by atoms with van der Waals surface area (Å²) in [4.78, 5) is 4.87. The Bertz CT molecular complexity index is 379. The summed E-state index contributed by atoms with van der Waals surface area (Å²) in [5.41, 5.74) is 8.51. The molecule has 1 aliphatic rings. The molecule has 1 fully saturated rings. The molecule has 102 valence electrons. The molecule has 2 rings (SSSR count). The highest BCUT2D eigenvalue weighted by atomic mass is 15.3. The van der Waals surface area contributed by atoms with Gasteiger partial charge in [0.2, 0.25) is 0 Å². The fourth-order valence-corrected chi connectivity index (χ4v) is 2.71. The van der Waals surface area contributed by atoms with E-state index in [1.807, 2.05) is 11.7 Å². The Hall–Kier alpha value is -0.910. The molecule has 1 aromatic rings. The second-order valence-corrected chi connectivity index (χ2v) is 5.15. The minimum atomic E-state index is 0.322. The van der Waals surface area contributed by atoms with E-state index in [0.29, 0.717) is 12.6 Å². The van der Waals surface area contributed by atoms with E-state index in [1.54, 1.807) is 0 Å². The molecule has 1 aromatic heterocycles. The molecular weight excluding hydrogens is 226 g/mol. The predicted molar refractivity (Wildman–Crippen MR) is 73.5 cm³/mol. The topological polar surface area (TPSA) is 50.3 Å². The lowest BCUT2D eigenvalue weighted by molar-refractivity contribution is 0.114. The van der Waals surface area contributed by atoms with Crippen molar-refractivity contribution in [3.8, 4) is 0 Å². The molecule has 0 aromatic carbocycles. The normalized spacial score (nSPS) is 20.2. The van der Waals surface area contributed by atoms with Crippen molar-refractivity contribution in [3.05, 3.63) is 17.5 Å². The van der Waals surface area contributed by atoms with Crippen molar-refractivity contribution in [1.82, 2.24) is 19.6 Å². The highest BCUT2D eigenvalue weighted by molar-refractivity contribution is 5.22. The van der Waals surface area contributed by atoms with Gasteiger partial charge in [-0.3, -0.25) is 9.58 Å². The summed E-state index contributed by atoms with van der Waals surface area (Å²) in [7, 11) is 4.16. The van der Waals surface area contributed by atoms with Crippen LogP contribution in [-0.4, -0.2) is 59.4 Å². The lowest BCUT2D eigenvalue weighted by Gasteiger charge is -2.37. The summed E-state index contributed by atoms with van der Waals surface area (Å²) in [6.45, 7) is 7.26. The maximum absolute atomic E-state index is 6.01. The third-order valence-electron chi connectivity index (χ3n) is 3.83. The number of hydrogen-bond acceptors (Lipinski definition) is 4. The number of aromatic nitrogens is 2. The summed E-state index contributed by atoms with van der Waals surface area (Å²) >= 11 is 0. The van der Waals surface area contributed by atoms with Crippen molar-refractivity contribution in [2.75, 3.05) is 39.8 Å². The molecule has 5 nitrogen and oxygen atoms in total. The van der Waals surface area contributed by atoms with E-state index in [1.165, 1.54) is 11.3 Å². The number of piperazine rings is 1. The van der Waals surface area contributed by atoms with Crippen LogP contribution in [0.4, 0.5) is 0 Å². The fourth-order valence-electron chi connectivity index (χ4n) is 2.71. The van der Waals surface area contributed by atoms with Crippen LogP contribution in [0.5, 0.6) is 0 Å². The molecule has 1 aliphatic heterocycles. The summed E-state index contributed by atoms with van der Waals surface area (Å²) in [6, 6.07) is 0.322. The standard InChI is InChI=1S/C13H25N5/c1-4-12-11(10-17(3)15-12)13(9-14)18-7-5-16(2)6-8-18/h10,13H,4-9,14H2,1-3H3.